The van der Waals surface area contributed by atoms with Crippen molar-refractivity contribution >= 4 is 0 Å². The number of allylic oxidation sites excluding steroid dienone is 1. The molecule has 0 aliphatic rings. The first-order valence-electron chi connectivity index (χ1n) is 5.19. The molecule has 0 spiro atoms. The first-order valence-corrected chi connectivity index (χ1v) is 5.19. The van der Waals surface area contributed by atoms with Gasteiger partial charge in [-0.25, -0.2) is 0 Å². The van der Waals surface area contributed by atoms with Crippen LogP contribution >= 0.6 is 0 Å². The largest absolute Gasteiger partial charge is 0.393 e. The summed E-state index contributed by atoms with van der Waals surface area (Å²) in [4.78, 5) is 0. The minimum Gasteiger partial charge on any atom is -0.171 e. The van der Waals surface area contributed by atoms with Gasteiger partial charge >= 0.3 is 6.18 Å². The van der Waals surface area contributed by atoms with Gasteiger partial charge in [-0.1, -0.05) is 33.8 Å². The monoisotopic (exact) mass is 222 g/mol. The van der Waals surface area contributed by atoms with E-state index >= 15 is 0 Å². The lowest BCUT2D eigenvalue weighted by Crippen LogP contribution is -2.36. The summed E-state index contributed by atoms with van der Waals surface area (Å²) in [6, 6.07) is 0. The van der Waals surface area contributed by atoms with E-state index in [-0.39, 0.29) is 11.8 Å². The maximum atomic E-state index is 12.7. The molecule has 0 aromatic rings. The molecular formula is C12H21F3. The summed E-state index contributed by atoms with van der Waals surface area (Å²) in [7, 11) is 0. The van der Waals surface area contributed by atoms with E-state index in [0.29, 0.717) is 0 Å². The van der Waals surface area contributed by atoms with Crippen molar-refractivity contribution in [3.05, 3.63) is 12.7 Å². The average molecular weight is 222 g/mol. The Kier molecular flexibility index (Phi) is 4.44. The van der Waals surface area contributed by atoms with Gasteiger partial charge in [-0.15, -0.1) is 6.58 Å². The molecule has 0 aliphatic carbocycles. The van der Waals surface area contributed by atoms with E-state index in [1.54, 1.807) is 6.08 Å². The van der Waals surface area contributed by atoms with Crippen molar-refractivity contribution < 1.29 is 13.2 Å². The second-order valence-corrected chi connectivity index (χ2v) is 5.55. The van der Waals surface area contributed by atoms with E-state index < -0.39 is 11.6 Å². The second-order valence-electron chi connectivity index (χ2n) is 5.55. The molecule has 0 bridgehead atoms. The Morgan fingerprint density at radius 1 is 1.07 bits per heavy atom. The fourth-order valence-corrected chi connectivity index (χ4v) is 1.88. The van der Waals surface area contributed by atoms with Crippen molar-refractivity contribution in [3.63, 3.8) is 0 Å². The van der Waals surface area contributed by atoms with Crippen LogP contribution in [0.25, 0.3) is 0 Å². The summed E-state index contributed by atoms with van der Waals surface area (Å²) in [5.41, 5.74) is -1.91. The smallest absolute Gasteiger partial charge is 0.171 e. The quantitative estimate of drug-likeness (QED) is 0.577. The zero-order valence-corrected chi connectivity index (χ0v) is 10.0. The van der Waals surface area contributed by atoms with Crippen molar-refractivity contribution in [1.82, 2.24) is 0 Å². The zero-order valence-electron chi connectivity index (χ0n) is 10.0. The molecule has 90 valence electrons. The van der Waals surface area contributed by atoms with E-state index in [1.807, 2.05) is 13.8 Å². The highest BCUT2D eigenvalue weighted by Crippen LogP contribution is 2.46. The molecule has 0 saturated heterocycles. The number of hydrogen-bond donors (Lipinski definition) is 0. The van der Waals surface area contributed by atoms with Crippen LogP contribution in [-0.4, -0.2) is 6.18 Å². The summed E-state index contributed by atoms with van der Waals surface area (Å²) in [6.45, 7) is 9.88. The maximum Gasteiger partial charge on any atom is 0.393 e. The molecule has 3 heteroatoms. The molecule has 0 atom stereocenters. The van der Waals surface area contributed by atoms with Crippen molar-refractivity contribution in [1.29, 1.82) is 0 Å². The van der Waals surface area contributed by atoms with Crippen molar-refractivity contribution in [2.45, 2.75) is 53.1 Å². The summed E-state index contributed by atoms with van der Waals surface area (Å²) < 4.78 is 38.0. The third-order valence-electron chi connectivity index (χ3n) is 2.71. The maximum absolute atomic E-state index is 12.7. The summed E-state index contributed by atoms with van der Waals surface area (Å²) in [5.74, 6) is 0. The summed E-state index contributed by atoms with van der Waals surface area (Å²) in [6.07, 6.45) is -0.713. The Balaban J connectivity index is 4.49. The van der Waals surface area contributed by atoms with Crippen LogP contribution in [0, 0.1) is 10.8 Å². The molecule has 0 saturated carbocycles. The molecule has 0 aromatic carbocycles. The topological polar surface area (TPSA) is 0 Å². The van der Waals surface area contributed by atoms with Crippen molar-refractivity contribution in [2.75, 3.05) is 0 Å². The lowest BCUT2D eigenvalue weighted by atomic mass is 9.72. The van der Waals surface area contributed by atoms with E-state index in [0.717, 1.165) is 12.8 Å². The van der Waals surface area contributed by atoms with Gasteiger partial charge in [0.15, 0.2) is 0 Å². The molecule has 0 unspecified atom stereocenters. The van der Waals surface area contributed by atoms with E-state index in [4.69, 9.17) is 0 Å². The van der Waals surface area contributed by atoms with Gasteiger partial charge in [0, 0.05) is 0 Å². The highest BCUT2D eigenvalue weighted by atomic mass is 19.4. The van der Waals surface area contributed by atoms with Gasteiger partial charge in [0.05, 0.1) is 5.41 Å². The van der Waals surface area contributed by atoms with Crippen LogP contribution in [0.4, 0.5) is 13.2 Å². The van der Waals surface area contributed by atoms with Crippen molar-refractivity contribution in [2.24, 2.45) is 10.8 Å². The minimum atomic E-state index is -4.13. The Bertz CT molecular complexity index is 211. The zero-order chi connectivity index (χ0) is 12.3. The standard InChI is InChI=1S/C12H21F3/c1-6-7-8-10(2,3)9-11(4,5)12(13,14)15/h6H,1,7-9H2,2-5H3. The number of alkyl halides is 3. The molecule has 0 rings (SSSR count). The Labute approximate surface area is 90.6 Å². The molecule has 0 aromatic heterocycles. The molecular weight excluding hydrogens is 201 g/mol. The van der Waals surface area contributed by atoms with Gasteiger partial charge in [-0.3, -0.25) is 0 Å². The van der Waals surface area contributed by atoms with Crippen LogP contribution in [-0.2, 0) is 0 Å². The third-order valence-corrected chi connectivity index (χ3v) is 2.71. The fraction of sp³-hybridized carbons (Fsp3) is 0.833. The van der Waals surface area contributed by atoms with Crippen LogP contribution in [0.2, 0.25) is 0 Å². The normalized spacial score (nSPS) is 14.1. The van der Waals surface area contributed by atoms with Crippen LogP contribution < -0.4 is 0 Å². The Morgan fingerprint density at radius 2 is 1.53 bits per heavy atom. The van der Waals surface area contributed by atoms with Gasteiger partial charge in [-0.2, -0.15) is 13.2 Å². The highest BCUT2D eigenvalue weighted by molar-refractivity contribution is 4.85. The van der Waals surface area contributed by atoms with E-state index in [2.05, 4.69) is 6.58 Å². The predicted octanol–water partition coefficient (Wildman–Crippen LogP) is 4.96. The molecule has 0 aliphatic heterocycles. The molecule has 0 amide bonds. The first kappa shape index (κ1) is 14.5. The lowest BCUT2D eigenvalue weighted by molar-refractivity contribution is -0.221. The van der Waals surface area contributed by atoms with Crippen molar-refractivity contribution in [3.8, 4) is 0 Å². The van der Waals surface area contributed by atoms with Gasteiger partial charge in [-0.05, 0) is 24.7 Å². The van der Waals surface area contributed by atoms with Gasteiger partial charge < -0.3 is 0 Å². The van der Waals surface area contributed by atoms with Gasteiger partial charge in [0.2, 0.25) is 0 Å². The highest BCUT2D eigenvalue weighted by Gasteiger charge is 2.49. The molecule has 0 N–H and O–H groups in total. The van der Waals surface area contributed by atoms with E-state index in [9.17, 15) is 13.2 Å². The minimum absolute atomic E-state index is 0.150. The molecule has 0 heterocycles. The van der Waals surface area contributed by atoms with Crippen LogP contribution in [0.3, 0.4) is 0 Å². The summed E-state index contributed by atoms with van der Waals surface area (Å²) >= 11 is 0. The van der Waals surface area contributed by atoms with Crippen LogP contribution in [0.1, 0.15) is 47.0 Å². The molecule has 0 fully saturated rings. The number of rotatable bonds is 5. The number of hydrogen-bond acceptors (Lipinski definition) is 0. The number of halogens is 3. The van der Waals surface area contributed by atoms with Crippen LogP contribution in [0.15, 0.2) is 12.7 Å². The predicted molar refractivity (Wildman–Crippen MR) is 57.7 cm³/mol. The van der Waals surface area contributed by atoms with E-state index in [1.165, 1.54) is 13.8 Å². The van der Waals surface area contributed by atoms with Gasteiger partial charge in [0.25, 0.3) is 0 Å². The molecule has 0 radical (unpaired) electrons. The Hall–Kier alpha value is -0.470. The Morgan fingerprint density at radius 3 is 1.87 bits per heavy atom. The fourth-order valence-electron chi connectivity index (χ4n) is 1.88. The lowest BCUT2D eigenvalue weighted by Gasteiger charge is -2.36. The van der Waals surface area contributed by atoms with Crippen LogP contribution in [0.5, 0.6) is 0 Å². The third kappa shape index (κ3) is 4.72. The summed E-state index contributed by atoms with van der Waals surface area (Å²) in [5, 5.41) is 0. The second kappa shape index (κ2) is 4.58. The average Bonchev–Trinajstić information content (AvgIpc) is 1.96. The molecule has 15 heavy (non-hydrogen) atoms. The first-order chi connectivity index (χ1) is 6.52. The molecule has 0 nitrogen and oxygen atoms in total. The van der Waals surface area contributed by atoms with Gasteiger partial charge in [0.1, 0.15) is 0 Å². The SMILES string of the molecule is C=CCCC(C)(C)CC(C)(C)C(F)(F)F.